The maximum Gasteiger partial charge on any atom is 0.329 e. The van der Waals surface area contributed by atoms with Crippen molar-refractivity contribution in [2.24, 2.45) is 0 Å². The third-order valence-electron chi connectivity index (χ3n) is 2.36. The van der Waals surface area contributed by atoms with Gasteiger partial charge in [-0.1, -0.05) is 0 Å². The van der Waals surface area contributed by atoms with Gasteiger partial charge in [-0.2, -0.15) is 0 Å². The minimum absolute atomic E-state index is 0.145. The standard InChI is InChI=1S/C11H20N2O4/c1-10(2,3)12-9(16)13-6-11(4,7-13)17-5-8(14)15/h5-7H2,1-4H3,(H,12,16)(H,14,15). The average molecular weight is 244 g/mol. The third-order valence-corrected chi connectivity index (χ3v) is 2.36. The van der Waals surface area contributed by atoms with E-state index in [0.29, 0.717) is 13.1 Å². The molecule has 6 nitrogen and oxygen atoms in total. The number of urea groups is 1. The number of nitrogens with one attached hydrogen (secondary N) is 1. The lowest BCUT2D eigenvalue weighted by Gasteiger charge is -2.47. The summed E-state index contributed by atoms with van der Waals surface area (Å²) in [7, 11) is 0. The largest absolute Gasteiger partial charge is 0.480 e. The molecule has 1 aliphatic rings. The number of ether oxygens (including phenoxy) is 1. The van der Waals surface area contributed by atoms with Gasteiger partial charge in [0.05, 0.1) is 13.1 Å². The van der Waals surface area contributed by atoms with E-state index in [1.807, 2.05) is 20.8 Å². The van der Waals surface area contributed by atoms with Crippen molar-refractivity contribution in [3.8, 4) is 0 Å². The van der Waals surface area contributed by atoms with Crippen molar-refractivity contribution in [1.82, 2.24) is 10.2 Å². The Morgan fingerprint density at radius 1 is 1.41 bits per heavy atom. The first-order valence-corrected chi connectivity index (χ1v) is 5.54. The van der Waals surface area contributed by atoms with Gasteiger partial charge in [-0.25, -0.2) is 9.59 Å². The Labute approximate surface area is 101 Å². The van der Waals surface area contributed by atoms with Crippen molar-refractivity contribution in [2.45, 2.75) is 38.8 Å². The maximum atomic E-state index is 11.7. The lowest BCUT2D eigenvalue weighted by molar-refractivity contribution is -0.159. The van der Waals surface area contributed by atoms with E-state index in [9.17, 15) is 9.59 Å². The van der Waals surface area contributed by atoms with Crippen LogP contribution in [0.15, 0.2) is 0 Å². The number of likely N-dealkylation sites (tertiary alicyclic amines) is 1. The summed E-state index contributed by atoms with van der Waals surface area (Å²) in [6, 6.07) is -0.145. The number of carbonyl (C=O) groups excluding carboxylic acids is 1. The van der Waals surface area contributed by atoms with Gasteiger partial charge in [0.25, 0.3) is 0 Å². The predicted molar refractivity (Wildman–Crippen MR) is 61.9 cm³/mol. The highest BCUT2D eigenvalue weighted by Crippen LogP contribution is 2.24. The molecule has 1 rings (SSSR count). The fourth-order valence-electron chi connectivity index (χ4n) is 1.63. The lowest BCUT2D eigenvalue weighted by Crippen LogP contribution is -2.66. The van der Waals surface area contributed by atoms with Crippen molar-refractivity contribution >= 4 is 12.0 Å². The van der Waals surface area contributed by atoms with Crippen LogP contribution in [0.5, 0.6) is 0 Å². The van der Waals surface area contributed by atoms with E-state index in [4.69, 9.17) is 9.84 Å². The predicted octanol–water partition coefficient (Wildman–Crippen LogP) is 0.670. The molecule has 17 heavy (non-hydrogen) atoms. The molecule has 0 aliphatic carbocycles. The summed E-state index contributed by atoms with van der Waals surface area (Å²) < 4.78 is 5.22. The Bertz CT molecular complexity index is 316. The molecule has 2 N–H and O–H groups in total. The number of rotatable bonds is 3. The van der Waals surface area contributed by atoms with E-state index in [1.54, 1.807) is 11.8 Å². The van der Waals surface area contributed by atoms with Crippen LogP contribution in [0.4, 0.5) is 4.79 Å². The molecule has 1 fully saturated rings. The summed E-state index contributed by atoms with van der Waals surface area (Å²) in [5, 5.41) is 11.3. The van der Waals surface area contributed by atoms with Gasteiger partial charge < -0.3 is 20.1 Å². The monoisotopic (exact) mass is 244 g/mol. The summed E-state index contributed by atoms with van der Waals surface area (Å²) in [5.74, 6) is -0.996. The highest BCUT2D eigenvalue weighted by molar-refractivity contribution is 5.76. The van der Waals surface area contributed by atoms with E-state index >= 15 is 0 Å². The third kappa shape index (κ3) is 4.22. The van der Waals surface area contributed by atoms with Crippen molar-refractivity contribution in [2.75, 3.05) is 19.7 Å². The topological polar surface area (TPSA) is 78.9 Å². The highest BCUT2D eigenvalue weighted by Gasteiger charge is 2.43. The van der Waals surface area contributed by atoms with Crippen LogP contribution in [0.25, 0.3) is 0 Å². The molecule has 1 heterocycles. The number of aliphatic carboxylic acids is 1. The molecule has 0 atom stereocenters. The minimum Gasteiger partial charge on any atom is -0.480 e. The molecule has 0 radical (unpaired) electrons. The number of carboxylic acids is 1. The fourth-order valence-corrected chi connectivity index (χ4v) is 1.63. The van der Waals surface area contributed by atoms with E-state index < -0.39 is 11.6 Å². The molecule has 0 saturated carbocycles. The van der Waals surface area contributed by atoms with Gasteiger partial charge in [0.1, 0.15) is 12.2 Å². The van der Waals surface area contributed by atoms with Gasteiger partial charge in [-0.15, -0.1) is 0 Å². The number of hydrogen-bond acceptors (Lipinski definition) is 3. The van der Waals surface area contributed by atoms with E-state index in [2.05, 4.69) is 5.32 Å². The van der Waals surface area contributed by atoms with E-state index in [0.717, 1.165) is 0 Å². The fraction of sp³-hybridized carbons (Fsp3) is 0.818. The number of carboxylic acid groups (broad SMARTS) is 1. The van der Waals surface area contributed by atoms with Crippen LogP contribution in [0.2, 0.25) is 0 Å². The van der Waals surface area contributed by atoms with Crippen molar-refractivity contribution in [3.63, 3.8) is 0 Å². The molecule has 0 unspecified atom stereocenters. The van der Waals surface area contributed by atoms with Crippen LogP contribution in [0, 0.1) is 0 Å². The summed E-state index contributed by atoms with van der Waals surface area (Å²) in [6.45, 7) is 8.03. The van der Waals surface area contributed by atoms with Crippen LogP contribution in [-0.2, 0) is 9.53 Å². The van der Waals surface area contributed by atoms with Crippen LogP contribution in [0.1, 0.15) is 27.7 Å². The van der Waals surface area contributed by atoms with Crippen LogP contribution in [-0.4, -0.2) is 52.8 Å². The molecule has 0 bridgehead atoms. The van der Waals surface area contributed by atoms with Crippen molar-refractivity contribution in [1.29, 1.82) is 0 Å². The van der Waals surface area contributed by atoms with Gasteiger partial charge in [-0.3, -0.25) is 0 Å². The Kier molecular flexibility index (Phi) is 3.66. The Balaban J connectivity index is 2.35. The minimum atomic E-state index is -0.996. The molecule has 0 aromatic heterocycles. The van der Waals surface area contributed by atoms with Crippen LogP contribution >= 0.6 is 0 Å². The molecule has 1 saturated heterocycles. The first-order chi connectivity index (χ1) is 7.61. The zero-order valence-electron chi connectivity index (χ0n) is 10.7. The summed E-state index contributed by atoms with van der Waals surface area (Å²) in [4.78, 5) is 23.7. The number of nitrogens with zero attached hydrogens (tertiary/aromatic N) is 1. The zero-order chi connectivity index (χ0) is 13.3. The zero-order valence-corrected chi connectivity index (χ0v) is 10.7. The lowest BCUT2D eigenvalue weighted by atomic mass is 9.97. The Morgan fingerprint density at radius 2 is 1.94 bits per heavy atom. The van der Waals surface area contributed by atoms with Crippen LogP contribution < -0.4 is 5.32 Å². The SMILES string of the molecule is CC(C)(C)NC(=O)N1CC(C)(OCC(=O)O)C1. The highest BCUT2D eigenvalue weighted by atomic mass is 16.5. The number of amides is 2. The number of hydrogen-bond donors (Lipinski definition) is 2. The molecule has 0 spiro atoms. The summed E-state index contributed by atoms with van der Waals surface area (Å²) >= 11 is 0. The van der Waals surface area contributed by atoms with E-state index in [1.165, 1.54) is 0 Å². The van der Waals surface area contributed by atoms with Crippen molar-refractivity contribution < 1.29 is 19.4 Å². The van der Waals surface area contributed by atoms with Gasteiger partial charge in [-0.05, 0) is 27.7 Å². The van der Waals surface area contributed by atoms with Crippen molar-refractivity contribution in [3.05, 3.63) is 0 Å². The number of carbonyl (C=O) groups is 2. The second kappa shape index (κ2) is 4.52. The Hall–Kier alpha value is -1.30. The van der Waals surface area contributed by atoms with Gasteiger partial charge in [0.15, 0.2) is 0 Å². The molecular weight excluding hydrogens is 224 g/mol. The average Bonchev–Trinajstić information content (AvgIpc) is 2.07. The summed E-state index contributed by atoms with van der Waals surface area (Å²) in [6.07, 6.45) is 0. The van der Waals surface area contributed by atoms with Gasteiger partial charge in [0.2, 0.25) is 0 Å². The van der Waals surface area contributed by atoms with Gasteiger partial charge >= 0.3 is 12.0 Å². The molecule has 0 aromatic carbocycles. The molecule has 2 amide bonds. The normalized spacial score (nSPS) is 18.5. The molecule has 6 heteroatoms. The molecule has 0 aromatic rings. The van der Waals surface area contributed by atoms with Gasteiger partial charge in [0, 0.05) is 5.54 Å². The van der Waals surface area contributed by atoms with Crippen LogP contribution in [0.3, 0.4) is 0 Å². The molecular formula is C11H20N2O4. The smallest absolute Gasteiger partial charge is 0.329 e. The Morgan fingerprint density at radius 3 is 2.35 bits per heavy atom. The first-order valence-electron chi connectivity index (χ1n) is 5.54. The molecule has 98 valence electrons. The second-order valence-electron chi connectivity index (χ2n) is 5.67. The summed E-state index contributed by atoms with van der Waals surface area (Å²) in [5.41, 5.74) is -0.807. The maximum absolute atomic E-state index is 11.7. The quantitative estimate of drug-likeness (QED) is 0.764. The first kappa shape index (κ1) is 13.8. The van der Waals surface area contributed by atoms with E-state index in [-0.39, 0.29) is 18.2 Å². The second-order valence-corrected chi connectivity index (χ2v) is 5.67. The molecule has 1 aliphatic heterocycles.